The Labute approximate surface area is 169 Å². The third-order valence-corrected chi connectivity index (χ3v) is 5.34. The lowest BCUT2D eigenvalue weighted by molar-refractivity contribution is 0.0434. The van der Waals surface area contributed by atoms with Crippen LogP contribution in [-0.2, 0) is 23.1 Å². The molecule has 0 aliphatic heterocycles. The van der Waals surface area contributed by atoms with Crippen LogP contribution in [-0.4, -0.2) is 33.8 Å². The van der Waals surface area contributed by atoms with E-state index in [-0.39, 0.29) is 17.9 Å². The van der Waals surface area contributed by atoms with Crippen molar-refractivity contribution in [2.24, 2.45) is 7.05 Å². The summed E-state index contributed by atoms with van der Waals surface area (Å²) in [6.07, 6.45) is 1.35. The zero-order valence-corrected chi connectivity index (χ0v) is 16.8. The van der Waals surface area contributed by atoms with Crippen molar-refractivity contribution in [3.63, 3.8) is 0 Å². The molecule has 4 aromatic heterocycles. The van der Waals surface area contributed by atoms with Crippen molar-refractivity contribution in [3.8, 4) is 10.6 Å². The van der Waals surface area contributed by atoms with E-state index in [4.69, 9.17) is 13.9 Å². The van der Waals surface area contributed by atoms with Crippen molar-refractivity contribution in [2.75, 3.05) is 7.11 Å². The molecule has 0 fully saturated rings. The molecule has 0 aliphatic rings. The lowest BCUT2D eigenvalue weighted by atomic mass is 10.1. The fourth-order valence-electron chi connectivity index (χ4n) is 3.11. The third kappa shape index (κ3) is 3.40. The van der Waals surface area contributed by atoms with E-state index in [0.29, 0.717) is 28.0 Å². The van der Waals surface area contributed by atoms with E-state index in [2.05, 4.69) is 10.1 Å². The maximum Gasteiger partial charge on any atom is 0.341 e. The number of pyridine rings is 1. The van der Waals surface area contributed by atoms with E-state index in [1.165, 1.54) is 30.8 Å². The number of furan rings is 1. The number of hydrogen-bond donors (Lipinski definition) is 0. The lowest BCUT2D eigenvalue weighted by Gasteiger charge is -2.08. The SMILES string of the molecule is COC(=O)c1ccoc1COC(=O)c1cc(-c2cccs2)nc2c1c(C)nn2C. The van der Waals surface area contributed by atoms with Crippen molar-refractivity contribution in [3.05, 3.63) is 58.5 Å². The van der Waals surface area contributed by atoms with E-state index in [1.807, 2.05) is 24.4 Å². The normalized spacial score (nSPS) is 11.0. The smallest absolute Gasteiger partial charge is 0.341 e. The second kappa shape index (κ2) is 7.51. The number of rotatable bonds is 5. The molecule has 29 heavy (non-hydrogen) atoms. The molecule has 0 saturated carbocycles. The minimum atomic E-state index is -0.557. The van der Waals surface area contributed by atoms with Gasteiger partial charge in [-0.15, -0.1) is 11.3 Å². The Morgan fingerprint density at radius 1 is 1.24 bits per heavy atom. The highest BCUT2D eigenvalue weighted by Gasteiger charge is 2.22. The van der Waals surface area contributed by atoms with Crippen LogP contribution in [0.25, 0.3) is 21.6 Å². The standard InChI is InChI=1S/C20H17N3O5S/c1-11-17-13(20(25)28-10-15-12(6-7-27-15)19(24)26-3)9-14(16-5-4-8-29-16)21-18(17)23(2)22-11/h4-9H,10H2,1-3H3. The molecule has 0 N–H and O–H groups in total. The topological polar surface area (TPSA) is 96.5 Å². The average Bonchev–Trinajstić information content (AvgIpc) is 3.46. The predicted octanol–water partition coefficient (Wildman–Crippen LogP) is 3.74. The zero-order chi connectivity index (χ0) is 20.5. The second-order valence-corrected chi connectivity index (χ2v) is 7.21. The molecule has 4 aromatic rings. The van der Waals surface area contributed by atoms with Gasteiger partial charge in [0.1, 0.15) is 5.56 Å². The first-order chi connectivity index (χ1) is 14.0. The van der Waals surface area contributed by atoms with Crippen molar-refractivity contribution < 1.29 is 23.5 Å². The summed E-state index contributed by atoms with van der Waals surface area (Å²) in [7, 11) is 3.05. The highest BCUT2D eigenvalue weighted by molar-refractivity contribution is 7.13. The minimum absolute atomic E-state index is 0.201. The summed E-state index contributed by atoms with van der Waals surface area (Å²) in [5.74, 6) is -0.894. The largest absolute Gasteiger partial charge is 0.465 e. The highest BCUT2D eigenvalue weighted by atomic mass is 32.1. The Bertz CT molecular complexity index is 1210. The Hall–Kier alpha value is -3.46. The number of esters is 2. The van der Waals surface area contributed by atoms with Crippen LogP contribution in [0.3, 0.4) is 0 Å². The molecule has 4 heterocycles. The molecule has 0 aromatic carbocycles. The van der Waals surface area contributed by atoms with Crippen LogP contribution in [0.4, 0.5) is 0 Å². The molecule has 0 atom stereocenters. The van der Waals surface area contributed by atoms with Gasteiger partial charge in [-0.25, -0.2) is 14.6 Å². The molecule has 0 radical (unpaired) electrons. The quantitative estimate of drug-likeness (QED) is 0.462. The highest BCUT2D eigenvalue weighted by Crippen LogP contribution is 2.30. The summed E-state index contributed by atoms with van der Waals surface area (Å²) in [6, 6.07) is 7.03. The van der Waals surface area contributed by atoms with Crippen molar-refractivity contribution in [2.45, 2.75) is 13.5 Å². The number of hydrogen-bond acceptors (Lipinski definition) is 8. The number of ether oxygens (including phenoxy) is 2. The summed E-state index contributed by atoms with van der Waals surface area (Å²) in [6.45, 7) is 1.61. The minimum Gasteiger partial charge on any atom is -0.465 e. The number of methoxy groups -OCH3 is 1. The number of carbonyl (C=O) groups is 2. The molecule has 0 bridgehead atoms. The van der Waals surface area contributed by atoms with Crippen LogP contribution in [0.2, 0.25) is 0 Å². The van der Waals surface area contributed by atoms with Crippen LogP contribution < -0.4 is 0 Å². The van der Waals surface area contributed by atoms with Gasteiger partial charge in [0.2, 0.25) is 0 Å². The molecule has 0 saturated heterocycles. The first kappa shape index (κ1) is 18.9. The molecule has 0 unspecified atom stereocenters. The third-order valence-electron chi connectivity index (χ3n) is 4.45. The van der Waals surface area contributed by atoms with Gasteiger partial charge in [-0.05, 0) is 30.5 Å². The number of aromatic nitrogens is 3. The van der Waals surface area contributed by atoms with Gasteiger partial charge in [-0.1, -0.05) is 6.07 Å². The summed E-state index contributed by atoms with van der Waals surface area (Å²) >= 11 is 1.53. The zero-order valence-electron chi connectivity index (χ0n) is 16.0. The summed E-state index contributed by atoms with van der Waals surface area (Å²) < 4.78 is 17.1. The van der Waals surface area contributed by atoms with Crippen LogP contribution in [0, 0.1) is 6.92 Å². The van der Waals surface area contributed by atoms with E-state index < -0.39 is 11.9 Å². The Morgan fingerprint density at radius 3 is 2.79 bits per heavy atom. The molecule has 8 nitrogen and oxygen atoms in total. The lowest BCUT2D eigenvalue weighted by Crippen LogP contribution is -2.09. The molecule has 9 heteroatoms. The molecule has 4 rings (SSSR count). The molecule has 0 amide bonds. The van der Waals surface area contributed by atoms with Crippen molar-refractivity contribution in [1.29, 1.82) is 0 Å². The Balaban J connectivity index is 1.70. The fraction of sp³-hybridized carbons (Fsp3) is 0.200. The van der Waals surface area contributed by atoms with Gasteiger partial charge in [0.25, 0.3) is 0 Å². The summed E-state index contributed by atoms with van der Waals surface area (Å²) in [5, 5.41) is 6.96. The number of carbonyl (C=O) groups excluding carboxylic acids is 2. The maximum atomic E-state index is 12.9. The van der Waals surface area contributed by atoms with Crippen LogP contribution in [0.1, 0.15) is 32.2 Å². The van der Waals surface area contributed by atoms with E-state index in [0.717, 1.165) is 4.88 Å². The Morgan fingerprint density at radius 2 is 2.07 bits per heavy atom. The first-order valence-corrected chi connectivity index (χ1v) is 9.57. The molecular formula is C20H17N3O5S. The molecular weight excluding hydrogens is 394 g/mol. The van der Waals surface area contributed by atoms with Gasteiger partial charge in [0, 0.05) is 7.05 Å². The molecule has 0 spiro atoms. The second-order valence-electron chi connectivity index (χ2n) is 6.27. The van der Waals surface area contributed by atoms with Gasteiger partial charge >= 0.3 is 11.9 Å². The van der Waals surface area contributed by atoms with Crippen LogP contribution in [0.5, 0.6) is 0 Å². The van der Waals surface area contributed by atoms with Crippen LogP contribution >= 0.6 is 11.3 Å². The van der Waals surface area contributed by atoms with E-state index in [9.17, 15) is 9.59 Å². The number of thiophene rings is 1. The number of nitrogens with zero attached hydrogens (tertiary/aromatic N) is 3. The average molecular weight is 411 g/mol. The van der Waals surface area contributed by atoms with E-state index in [1.54, 1.807) is 17.8 Å². The summed E-state index contributed by atoms with van der Waals surface area (Å²) in [4.78, 5) is 30.3. The van der Waals surface area contributed by atoms with Gasteiger partial charge in [0.05, 0.1) is 40.6 Å². The monoisotopic (exact) mass is 411 g/mol. The van der Waals surface area contributed by atoms with Gasteiger partial charge in [-0.2, -0.15) is 5.10 Å². The number of fused-ring (bicyclic) bond motifs is 1. The summed E-state index contributed by atoms with van der Waals surface area (Å²) in [5.41, 5.74) is 2.50. The fourth-order valence-corrected chi connectivity index (χ4v) is 3.80. The first-order valence-electron chi connectivity index (χ1n) is 8.69. The molecule has 148 valence electrons. The molecule has 0 aliphatic carbocycles. The predicted molar refractivity (Wildman–Crippen MR) is 106 cm³/mol. The maximum absolute atomic E-state index is 12.9. The van der Waals surface area contributed by atoms with Crippen molar-refractivity contribution in [1.82, 2.24) is 14.8 Å². The van der Waals surface area contributed by atoms with E-state index >= 15 is 0 Å². The van der Waals surface area contributed by atoms with Crippen molar-refractivity contribution >= 4 is 34.3 Å². The number of aryl methyl sites for hydroxylation is 2. The van der Waals surface area contributed by atoms with Gasteiger partial charge < -0.3 is 13.9 Å². The van der Waals surface area contributed by atoms with Gasteiger partial charge in [0.15, 0.2) is 18.0 Å². The van der Waals surface area contributed by atoms with Crippen LogP contribution in [0.15, 0.2) is 40.3 Å². The van der Waals surface area contributed by atoms with Gasteiger partial charge in [-0.3, -0.25) is 4.68 Å². The Kier molecular flexibility index (Phi) is 4.89.